The minimum atomic E-state index is -1.10. The van der Waals surface area contributed by atoms with Crippen LogP contribution in [0.25, 0.3) is 33.1 Å². The number of nitrogens with one attached hydrogen (secondary N) is 1. The zero-order valence-corrected chi connectivity index (χ0v) is 13.1. The Kier molecular flexibility index (Phi) is 3.43. The third kappa shape index (κ3) is 2.59. The highest BCUT2D eigenvalue weighted by Crippen LogP contribution is 2.34. The predicted octanol–water partition coefficient (Wildman–Crippen LogP) is 5.27. The van der Waals surface area contributed by atoms with Gasteiger partial charge in [0.1, 0.15) is 11.3 Å². The van der Waals surface area contributed by atoms with Crippen LogP contribution in [-0.2, 0) is 6.54 Å². The molecule has 4 rings (SSSR count). The topological polar surface area (TPSA) is 75.6 Å². The maximum Gasteiger partial charge on any atom is 0.405 e. The molecule has 5 nitrogen and oxygen atoms in total. The second-order valence-corrected chi connectivity index (χ2v) is 5.83. The van der Waals surface area contributed by atoms with E-state index in [9.17, 15) is 4.79 Å². The van der Waals surface area contributed by atoms with E-state index in [0.717, 1.165) is 27.5 Å². The average molecular weight is 342 g/mol. The summed E-state index contributed by atoms with van der Waals surface area (Å²) in [5.41, 5.74) is 3.34. The van der Waals surface area contributed by atoms with Gasteiger partial charge in [-0.1, -0.05) is 17.7 Å². The quantitative estimate of drug-likeness (QED) is 0.532. The Morgan fingerprint density at radius 1 is 1.08 bits per heavy atom. The smallest absolute Gasteiger partial charge is 0.405 e. The fourth-order valence-corrected chi connectivity index (χ4v) is 2.99. The summed E-state index contributed by atoms with van der Waals surface area (Å²) in [4.78, 5) is 10.6. The van der Waals surface area contributed by atoms with Gasteiger partial charge in [0.05, 0.1) is 17.8 Å². The number of hydrogen-bond acceptors (Lipinski definition) is 3. The highest BCUT2D eigenvalue weighted by Gasteiger charge is 2.11. The van der Waals surface area contributed by atoms with Crippen LogP contribution in [0, 0.1) is 0 Å². The lowest BCUT2D eigenvalue weighted by atomic mass is 10.0. The first-order chi connectivity index (χ1) is 11.6. The number of benzene rings is 2. The van der Waals surface area contributed by atoms with E-state index in [2.05, 4.69) is 5.32 Å². The van der Waals surface area contributed by atoms with Gasteiger partial charge in [-0.25, -0.2) is 4.79 Å². The van der Waals surface area contributed by atoms with Crippen LogP contribution in [0.3, 0.4) is 0 Å². The summed E-state index contributed by atoms with van der Waals surface area (Å²) in [6.07, 6.45) is 0.554. The fraction of sp³-hybridized carbons (Fsp3) is 0.0556. The van der Waals surface area contributed by atoms with E-state index < -0.39 is 6.09 Å². The molecule has 2 N–H and O–H groups in total. The fourth-order valence-electron chi connectivity index (χ4n) is 2.73. The highest BCUT2D eigenvalue weighted by atomic mass is 35.5. The van der Waals surface area contributed by atoms with Crippen molar-refractivity contribution in [2.45, 2.75) is 6.54 Å². The molecule has 4 aromatic rings. The molecule has 0 saturated carbocycles. The second-order valence-electron chi connectivity index (χ2n) is 5.42. The Hall–Kier alpha value is -2.92. The Morgan fingerprint density at radius 2 is 1.92 bits per heavy atom. The monoisotopic (exact) mass is 341 g/mol. The summed E-state index contributed by atoms with van der Waals surface area (Å²) >= 11 is 6.34. The van der Waals surface area contributed by atoms with E-state index in [-0.39, 0.29) is 6.54 Å². The zero-order valence-electron chi connectivity index (χ0n) is 12.4. The number of fused-ring (bicyclic) bond motifs is 2. The van der Waals surface area contributed by atoms with Gasteiger partial charge in [0, 0.05) is 10.8 Å². The molecule has 2 aromatic carbocycles. The van der Waals surface area contributed by atoms with Crippen LogP contribution in [0.5, 0.6) is 0 Å². The lowest BCUT2D eigenvalue weighted by Crippen LogP contribution is -2.19. The third-order valence-electron chi connectivity index (χ3n) is 3.82. The van der Waals surface area contributed by atoms with E-state index in [1.807, 2.05) is 36.4 Å². The SMILES string of the molecule is O=C(O)NCc1cc2cc(-c3ccc4occc4c3)cc(Cl)c2o1. The molecule has 0 bridgehead atoms. The van der Waals surface area contributed by atoms with Gasteiger partial charge in [-0.2, -0.15) is 0 Å². The molecular weight excluding hydrogens is 330 g/mol. The van der Waals surface area contributed by atoms with Crippen LogP contribution in [0.4, 0.5) is 4.79 Å². The van der Waals surface area contributed by atoms with Crippen LogP contribution in [0.2, 0.25) is 5.02 Å². The Morgan fingerprint density at radius 3 is 2.75 bits per heavy atom. The molecule has 0 fully saturated rings. The molecule has 120 valence electrons. The molecule has 6 heteroatoms. The summed E-state index contributed by atoms with van der Waals surface area (Å²) in [6.45, 7) is 0.0939. The van der Waals surface area contributed by atoms with Gasteiger partial charge < -0.3 is 19.3 Å². The summed E-state index contributed by atoms with van der Waals surface area (Å²) < 4.78 is 11.0. The zero-order chi connectivity index (χ0) is 16.7. The number of amides is 1. The molecule has 24 heavy (non-hydrogen) atoms. The maximum atomic E-state index is 10.6. The highest BCUT2D eigenvalue weighted by molar-refractivity contribution is 6.35. The Balaban J connectivity index is 1.77. The van der Waals surface area contributed by atoms with E-state index in [1.165, 1.54) is 0 Å². The first-order valence-electron chi connectivity index (χ1n) is 7.26. The molecule has 1 amide bonds. The molecule has 0 unspecified atom stereocenters. The van der Waals surface area contributed by atoms with Crippen LogP contribution in [0.1, 0.15) is 5.76 Å². The number of hydrogen-bond donors (Lipinski definition) is 2. The van der Waals surface area contributed by atoms with Crippen LogP contribution in [0.15, 0.2) is 57.6 Å². The maximum absolute atomic E-state index is 10.6. The largest absolute Gasteiger partial charge is 0.465 e. The molecule has 2 aromatic heterocycles. The molecule has 0 saturated heterocycles. The molecule has 0 aliphatic rings. The van der Waals surface area contributed by atoms with Crippen molar-refractivity contribution in [2.75, 3.05) is 0 Å². The third-order valence-corrected chi connectivity index (χ3v) is 4.10. The van der Waals surface area contributed by atoms with Crippen molar-refractivity contribution >= 4 is 39.6 Å². The summed E-state index contributed by atoms with van der Waals surface area (Å²) in [6, 6.07) is 13.4. The van der Waals surface area contributed by atoms with Crippen molar-refractivity contribution in [1.29, 1.82) is 0 Å². The summed E-state index contributed by atoms with van der Waals surface area (Å²) in [5.74, 6) is 0.511. The predicted molar refractivity (Wildman–Crippen MR) is 91.3 cm³/mol. The number of halogens is 1. The van der Waals surface area contributed by atoms with Crippen LogP contribution < -0.4 is 5.32 Å². The van der Waals surface area contributed by atoms with Crippen molar-refractivity contribution in [3.8, 4) is 11.1 Å². The van der Waals surface area contributed by atoms with Gasteiger partial charge in [-0.15, -0.1) is 0 Å². The van der Waals surface area contributed by atoms with E-state index in [4.69, 9.17) is 25.5 Å². The van der Waals surface area contributed by atoms with E-state index in [1.54, 1.807) is 12.3 Å². The lowest BCUT2D eigenvalue weighted by molar-refractivity contribution is 0.193. The minimum Gasteiger partial charge on any atom is -0.465 e. The van der Waals surface area contributed by atoms with E-state index in [0.29, 0.717) is 16.4 Å². The molecule has 0 atom stereocenters. The first kappa shape index (κ1) is 14.7. The minimum absolute atomic E-state index is 0.0939. The van der Waals surface area contributed by atoms with Gasteiger partial charge in [-0.05, 0) is 47.5 Å². The molecule has 0 spiro atoms. The van der Waals surface area contributed by atoms with Crippen molar-refractivity contribution in [3.63, 3.8) is 0 Å². The van der Waals surface area contributed by atoms with Gasteiger partial charge in [0.2, 0.25) is 0 Å². The van der Waals surface area contributed by atoms with Gasteiger partial charge >= 0.3 is 6.09 Å². The molecule has 0 radical (unpaired) electrons. The number of carboxylic acid groups (broad SMARTS) is 1. The molecule has 2 heterocycles. The number of furan rings is 2. The van der Waals surface area contributed by atoms with Gasteiger partial charge in [0.15, 0.2) is 5.58 Å². The number of rotatable bonds is 3. The lowest BCUT2D eigenvalue weighted by Gasteiger charge is -2.03. The van der Waals surface area contributed by atoms with Crippen molar-refractivity contribution < 1.29 is 18.7 Å². The van der Waals surface area contributed by atoms with Gasteiger partial charge in [0.25, 0.3) is 0 Å². The second kappa shape index (κ2) is 5.62. The van der Waals surface area contributed by atoms with Crippen LogP contribution >= 0.6 is 11.6 Å². The normalized spacial score (nSPS) is 11.2. The van der Waals surface area contributed by atoms with Crippen molar-refractivity contribution in [2.24, 2.45) is 0 Å². The van der Waals surface area contributed by atoms with E-state index >= 15 is 0 Å². The summed E-state index contributed by atoms with van der Waals surface area (Å²) in [7, 11) is 0. The average Bonchev–Trinajstić information content (AvgIpc) is 3.18. The Labute approximate surface area is 141 Å². The first-order valence-corrected chi connectivity index (χ1v) is 7.64. The number of carbonyl (C=O) groups is 1. The van der Waals surface area contributed by atoms with Crippen molar-refractivity contribution in [3.05, 3.63) is 59.5 Å². The van der Waals surface area contributed by atoms with Crippen LogP contribution in [-0.4, -0.2) is 11.2 Å². The molecule has 0 aliphatic carbocycles. The molecular formula is C18H12ClNO4. The van der Waals surface area contributed by atoms with Crippen molar-refractivity contribution in [1.82, 2.24) is 5.32 Å². The summed E-state index contributed by atoms with van der Waals surface area (Å²) in [5, 5.41) is 13.3. The standard InChI is InChI=1S/C18H12ClNO4/c19-15-8-12(10-1-2-16-11(5-10)3-4-23-16)6-13-7-14(24-17(13)15)9-20-18(21)22/h1-8,20H,9H2,(H,21,22). The Bertz CT molecular complexity index is 1060. The molecule has 0 aliphatic heterocycles. The van der Waals surface area contributed by atoms with Gasteiger partial charge in [-0.3, -0.25) is 0 Å².